The number of amides is 2. The molecular formula is C23H21ClN4O2. The normalized spacial score (nSPS) is 15.1. The van der Waals surface area contributed by atoms with Crippen LogP contribution in [0.5, 0.6) is 0 Å². The number of hydrogen-bond acceptors (Lipinski definition) is 3. The van der Waals surface area contributed by atoms with E-state index in [0.717, 1.165) is 30.5 Å². The van der Waals surface area contributed by atoms with Crippen molar-refractivity contribution in [2.45, 2.75) is 32.4 Å². The Kier molecular flexibility index (Phi) is 4.79. The molecule has 0 spiro atoms. The van der Waals surface area contributed by atoms with Gasteiger partial charge in [-0.05, 0) is 54.2 Å². The molecule has 6 nitrogen and oxygen atoms in total. The van der Waals surface area contributed by atoms with Crippen molar-refractivity contribution in [3.05, 3.63) is 81.6 Å². The quantitative estimate of drug-likeness (QED) is 0.695. The predicted molar refractivity (Wildman–Crippen MR) is 115 cm³/mol. The summed E-state index contributed by atoms with van der Waals surface area (Å²) in [7, 11) is 0. The maximum atomic E-state index is 12.9. The van der Waals surface area contributed by atoms with Crippen LogP contribution in [0.3, 0.4) is 0 Å². The van der Waals surface area contributed by atoms with E-state index in [1.807, 2.05) is 36.4 Å². The molecule has 2 aliphatic rings. The van der Waals surface area contributed by atoms with Crippen LogP contribution in [0.1, 0.15) is 44.1 Å². The van der Waals surface area contributed by atoms with Gasteiger partial charge in [-0.3, -0.25) is 14.3 Å². The lowest BCUT2D eigenvalue weighted by molar-refractivity contribution is 0.0683. The summed E-state index contributed by atoms with van der Waals surface area (Å²) in [6, 6.07) is 15.1. The number of halogens is 1. The summed E-state index contributed by atoms with van der Waals surface area (Å²) in [5, 5.41) is 7.91. The SMILES string of the molecule is O=C(Nc1ccc2c(c1)CCC2)c1cc2n(n1)CCN(Cc1ccccc1Cl)C2=O. The van der Waals surface area contributed by atoms with Crippen molar-refractivity contribution in [1.29, 1.82) is 0 Å². The van der Waals surface area contributed by atoms with Crippen LogP contribution in [0.15, 0.2) is 48.5 Å². The molecule has 0 saturated heterocycles. The van der Waals surface area contributed by atoms with E-state index in [1.54, 1.807) is 15.6 Å². The van der Waals surface area contributed by atoms with Crippen molar-refractivity contribution < 1.29 is 9.59 Å². The third-order valence-electron chi connectivity index (χ3n) is 5.78. The van der Waals surface area contributed by atoms with Gasteiger partial charge >= 0.3 is 0 Å². The zero-order valence-electron chi connectivity index (χ0n) is 16.4. The molecule has 5 rings (SSSR count). The van der Waals surface area contributed by atoms with E-state index < -0.39 is 0 Å². The van der Waals surface area contributed by atoms with Crippen molar-refractivity contribution in [3.8, 4) is 0 Å². The summed E-state index contributed by atoms with van der Waals surface area (Å²) in [4.78, 5) is 27.4. The minimum atomic E-state index is -0.305. The summed E-state index contributed by atoms with van der Waals surface area (Å²) in [5.41, 5.74) is 4.98. The van der Waals surface area contributed by atoms with Gasteiger partial charge in [-0.15, -0.1) is 0 Å². The highest BCUT2D eigenvalue weighted by molar-refractivity contribution is 6.31. The average molecular weight is 421 g/mol. The number of carbonyl (C=O) groups is 2. The van der Waals surface area contributed by atoms with Gasteiger partial charge in [0.05, 0.1) is 6.54 Å². The summed E-state index contributed by atoms with van der Waals surface area (Å²) >= 11 is 6.24. The molecule has 2 amide bonds. The highest BCUT2D eigenvalue weighted by Crippen LogP contribution is 2.25. The molecule has 0 unspecified atom stereocenters. The molecule has 0 radical (unpaired) electrons. The molecule has 2 aromatic carbocycles. The first-order chi connectivity index (χ1) is 14.6. The van der Waals surface area contributed by atoms with Crippen molar-refractivity contribution in [1.82, 2.24) is 14.7 Å². The van der Waals surface area contributed by atoms with Gasteiger partial charge in [-0.25, -0.2) is 0 Å². The van der Waals surface area contributed by atoms with Crippen molar-refractivity contribution in [2.75, 3.05) is 11.9 Å². The van der Waals surface area contributed by atoms with Gasteiger partial charge in [-0.1, -0.05) is 35.9 Å². The van der Waals surface area contributed by atoms with E-state index in [-0.39, 0.29) is 17.5 Å². The van der Waals surface area contributed by atoms with Crippen LogP contribution < -0.4 is 5.32 Å². The van der Waals surface area contributed by atoms with Gasteiger partial charge in [0.15, 0.2) is 5.69 Å². The number of benzene rings is 2. The van der Waals surface area contributed by atoms with Crippen LogP contribution in [0.25, 0.3) is 0 Å². The first kappa shape index (κ1) is 18.9. The molecule has 2 heterocycles. The molecular weight excluding hydrogens is 400 g/mol. The number of nitrogens with one attached hydrogen (secondary N) is 1. The number of aryl methyl sites for hydroxylation is 2. The molecule has 152 valence electrons. The highest BCUT2D eigenvalue weighted by Gasteiger charge is 2.28. The molecule has 1 N–H and O–H groups in total. The summed E-state index contributed by atoms with van der Waals surface area (Å²) in [6.07, 6.45) is 3.31. The van der Waals surface area contributed by atoms with Gasteiger partial charge in [0, 0.05) is 29.9 Å². The number of carbonyl (C=O) groups excluding carboxylic acids is 2. The number of fused-ring (bicyclic) bond motifs is 2. The maximum Gasteiger partial charge on any atom is 0.276 e. The van der Waals surface area contributed by atoms with Crippen LogP contribution in [-0.4, -0.2) is 33.0 Å². The van der Waals surface area contributed by atoms with Crippen LogP contribution in [0.2, 0.25) is 5.02 Å². The maximum absolute atomic E-state index is 12.9. The molecule has 0 atom stereocenters. The molecule has 0 saturated carbocycles. The summed E-state index contributed by atoms with van der Waals surface area (Å²) < 4.78 is 1.61. The van der Waals surface area contributed by atoms with E-state index in [4.69, 9.17) is 11.6 Å². The second kappa shape index (κ2) is 7.61. The molecule has 1 aliphatic heterocycles. The average Bonchev–Trinajstić information content (AvgIpc) is 3.38. The Bertz CT molecular complexity index is 1150. The Hall–Kier alpha value is -3.12. The fourth-order valence-corrected chi connectivity index (χ4v) is 4.37. The Labute approximate surface area is 179 Å². The number of rotatable bonds is 4. The van der Waals surface area contributed by atoms with Gasteiger partial charge in [0.2, 0.25) is 0 Å². The lowest BCUT2D eigenvalue weighted by Crippen LogP contribution is -2.39. The summed E-state index contributed by atoms with van der Waals surface area (Å²) in [6.45, 7) is 1.49. The zero-order valence-corrected chi connectivity index (χ0v) is 17.2. The number of nitrogens with zero attached hydrogens (tertiary/aromatic N) is 3. The van der Waals surface area contributed by atoms with E-state index in [1.165, 1.54) is 11.1 Å². The first-order valence-corrected chi connectivity index (χ1v) is 10.5. The van der Waals surface area contributed by atoms with Crippen molar-refractivity contribution in [3.63, 3.8) is 0 Å². The topological polar surface area (TPSA) is 67.2 Å². The Morgan fingerprint density at radius 2 is 1.90 bits per heavy atom. The molecule has 1 aromatic heterocycles. The van der Waals surface area contributed by atoms with Gasteiger partial charge in [-0.2, -0.15) is 5.10 Å². The number of anilines is 1. The molecule has 3 aromatic rings. The zero-order chi connectivity index (χ0) is 20.7. The van der Waals surface area contributed by atoms with Gasteiger partial charge in [0.1, 0.15) is 5.69 Å². The molecule has 1 aliphatic carbocycles. The largest absolute Gasteiger partial charge is 0.331 e. The minimum Gasteiger partial charge on any atom is -0.331 e. The molecule has 0 bridgehead atoms. The Morgan fingerprint density at radius 1 is 1.07 bits per heavy atom. The molecule has 7 heteroatoms. The highest BCUT2D eigenvalue weighted by atomic mass is 35.5. The lowest BCUT2D eigenvalue weighted by atomic mass is 10.1. The van der Waals surface area contributed by atoms with Crippen LogP contribution >= 0.6 is 11.6 Å². The van der Waals surface area contributed by atoms with Crippen LogP contribution in [0, 0.1) is 0 Å². The van der Waals surface area contributed by atoms with Crippen LogP contribution in [-0.2, 0) is 25.9 Å². The smallest absolute Gasteiger partial charge is 0.276 e. The van der Waals surface area contributed by atoms with E-state index in [9.17, 15) is 9.59 Å². The monoisotopic (exact) mass is 420 g/mol. The lowest BCUT2D eigenvalue weighted by Gasteiger charge is -2.27. The third-order valence-corrected chi connectivity index (χ3v) is 6.14. The standard InChI is InChI=1S/C23H21ClN4O2/c24-19-7-2-1-4-17(19)14-27-10-11-28-21(23(27)30)13-20(26-28)22(29)25-18-9-8-15-5-3-6-16(15)12-18/h1-2,4,7-9,12-13H,3,5-6,10-11,14H2,(H,25,29). The number of hydrogen-bond donors (Lipinski definition) is 1. The fraction of sp³-hybridized carbons (Fsp3) is 0.261. The van der Waals surface area contributed by atoms with E-state index >= 15 is 0 Å². The Balaban J connectivity index is 1.32. The molecule has 0 fully saturated rings. The second-order valence-corrected chi connectivity index (χ2v) is 8.15. The first-order valence-electron chi connectivity index (χ1n) is 10.1. The Morgan fingerprint density at radius 3 is 2.77 bits per heavy atom. The van der Waals surface area contributed by atoms with Crippen molar-refractivity contribution in [2.24, 2.45) is 0 Å². The minimum absolute atomic E-state index is 0.148. The van der Waals surface area contributed by atoms with E-state index in [2.05, 4.69) is 16.5 Å². The van der Waals surface area contributed by atoms with Gasteiger partial charge < -0.3 is 10.2 Å². The van der Waals surface area contributed by atoms with Gasteiger partial charge in [0.25, 0.3) is 11.8 Å². The van der Waals surface area contributed by atoms with Crippen LogP contribution in [0.4, 0.5) is 5.69 Å². The number of aromatic nitrogens is 2. The fourth-order valence-electron chi connectivity index (χ4n) is 4.18. The summed E-state index contributed by atoms with van der Waals surface area (Å²) in [5.74, 6) is -0.453. The van der Waals surface area contributed by atoms with E-state index in [0.29, 0.717) is 30.4 Å². The second-order valence-electron chi connectivity index (χ2n) is 7.75. The molecule has 30 heavy (non-hydrogen) atoms. The third kappa shape index (κ3) is 3.48. The van der Waals surface area contributed by atoms with Crippen molar-refractivity contribution >= 4 is 29.1 Å². The predicted octanol–water partition coefficient (Wildman–Crippen LogP) is 3.93.